The third-order valence-electron chi connectivity index (χ3n) is 4.01. The first-order valence-electron chi connectivity index (χ1n) is 6.47. The van der Waals surface area contributed by atoms with Gasteiger partial charge in [-0.1, -0.05) is 24.3 Å². The first-order valence-corrected chi connectivity index (χ1v) is 7.87. The summed E-state index contributed by atoms with van der Waals surface area (Å²) in [5, 5.41) is 0. The summed E-state index contributed by atoms with van der Waals surface area (Å²) in [4.78, 5) is 0. The van der Waals surface area contributed by atoms with Crippen molar-refractivity contribution in [3.8, 4) is 0 Å². The maximum absolute atomic E-state index is 11.2. The molecule has 1 aliphatic carbocycles. The molecule has 0 spiro atoms. The van der Waals surface area contributed by atoms with E-state index >= 15 is 0 Å². The van der Waals surface area contributed by atoms with Crippen molar-refractivity contribution >= 4 is 10.3 Å². The average molecular weight is 283 g/mol. The number of aryl methyl sites for hydroxylation is 1. The first kappa shape index (κ1) is 13.1. The van der Waals surface area contributed by atoms with Crippen molar-refractivity contribution in [2.45, 2.75) is 24.9 Å². The zero-order valence-corrected chi connectivity index (χ0v) is 11.3. The number of nitrogens with zero attached hydrogens (tertiary/aromatic N) is 1. The second kappa shape index (κ2) is 4.86. The van der Waals surface area contributed by atoms with Crippen LogP contribution in [0, 0.1) is 0 Å². The normalized spacial score (nSPS) is 28.3. The molecule has 1 aromatic carbocycles. The van der Waals surface area contributed by atoms with E-state index in [0.717, 1.165) is 17.1 Å². The van der Waals surface area contributed by atoms with Crippen molar-refractivity contribution in [1.29, 1.82) is 0 Å². The van der Waals surface area contributed by atoms with E-state index in [2.05, 4.69) is 12.1 Å². The molecule has 2 atom stereocenters. The van der Waals surface area contributed by atoms with E-state index in [1.165, 1.54) is 11.1 Å². The fourth-order valence-corrected chi connectivity index (χ4v) is 3.72. The Kier molecular flexibility index (Phi) is 3.34. The van der Waals surface area contributed by atoms with E-state index in [-0.39, 0.29) is 25.1 Å². The second-order valence-electron chi connectivity index (χ2n) is 5.09. The lowest BCUT2D eigenvalue weighted by atomic mass is 9.94. The van der Waals surface area contributed by atoms with Gasteiger partial charge in [0.2, 0.25) is 0 Å². The lowest BCUT2D eigenvalue weighted by molar-refractivity contribution is -0.0185. The summed E-state index contributed by atoms with van der Waals surface area (Å²) in [6.45, 7) is 0.796. The van der Waals surface area contributed by atoms with Crippen LogP contribution in [-0.2, 0) is 21.5 Å². The highest BCUT2D eigenvalue weighted by Crippen LogP contribution is 2.37. The number of morpholine rings is 1. The van der Waals surface area contributed by atoms with Gasteiger partial charge >= 0.3 is 10.3 Å². The average Bonchev–Trinajstić information content (AvgIpc) is 2.82. The molecule has 3 rings (SSSR count). The van der Waals surface area contributed by atoms with Crippen LogP contribution in [0.15, 0.2) is 24.3 Å². The van der Waals surface area contributed by atoms with Crippen LogP contribution in [-0.4, -0.2) is 43.1 Å². The summed E-state index contributed by atoms with van der Waals surface area (Å²) in [5.41, 5.74) is 2.57. The van der Waals surface area contributed by atoms with E-state index in [9.17, 15) is 8.42 Å². The minimum atomic E-state index is -4.11. The fourth-order valence-electron chi connectivity index (χ4n) is 3.08. The van der Waals surface area contributed by atoms with Crippen molar-refractivity contribution in [2.24, 2.45) is 0 Å². The minimum Gasteiger partial charge on any atom is -0.375 e. The van der Waals surface area contributed by atoms with E-state index in [1.54, 1.807) is 0 Å². The molecule has 0 aromatic heterocycles. The van der Waals surface area contributed by atoms with Crippen molar-refractivity contribution in [3.63, 3.8) is 0 Å². The van der Waals surface area contributed by atoms with Crippen LogP contribution >= 0.6 is 0 Å². The Morgan fingerprint density at radius 3 is 2.89 bits per heavy atom. The number of rotatable bonds is 2. The van der Waals surface area contributed by atoms with Crippen LogP contribution in [0.3, 0.4) is 0 Å². The van der Waals surface area contributed by atoms with Gasteiger partial charge in [-0.3, -0.25) is 4.55 Å². The summed E-state index contributed by atoms with van der Waals surface area (Å²) in [6.07, 6.45) is 1.81. The van der Waals surface area contributed by atoms with Crippen LogP contribution in [0.5, 0.6) is 0 Å². The smallest absolute Gasteiger partial charge is 0.336 e. The highest BCUT2D eigenvalue weighted by atomic mass is 32.2. The largest absolute Gasteiger partial charge is 0.375 e. The van der Waals surface area contributed by atoms with Crippen LogP contribution in [0.2, 0.25) is 0 Å². The summed E-state index contributed by atoms with van der Waals surface area (Å²) in [5.74, 6) is 0.223. The van der Waals surface area contributed by atoms with Gasteiger partial charge in [-0.05, 0) is 24.0 Å². The number of fused-ring (bicyclic) bond motifs is 1. The number of ether oxygens (including phenoxy) is 1. The van der Waals surface area contributed by atoms with Crippen LogP contribution < -0.4 is 0 Å². The van der Waals surface area contributed by atoms with Crippen molar-refractivity contribution < 1.29 is 17.7 Å². The maximum atomic E-state index is 11.2. The van der Waals surface area contributed by atoms with Gasteiger partial charge in [-0.25, -0.2) is 0 Å². The van der Waals surface area contributed by atoms with Gasteiger partial charge in [0.1, 0.15) is 0 Å². The topological polar surface area (TPSA) is 66.8 Å². The monoisotopic (exact) mass is 283 g/mol. The molecule has 1 aliphatic heterocycles. The van der Waals surface area contributed by atoms with Crippen LogP contribution in [0.4, 0.5) is 0 Å². The molecule has 2 aliphatic rings. The molecule has 2 unspecified atom stereocenters. The summed E-state index contributed by atoms with van der Waals surface area (Å²) in [7, 11) is -4.11. The van der Waals surface area contributed by atoms with E-state index in [1.807, 2.05) is 12.1 Å². The fraction of sp³-hybridized carbons (Fsp3) is 0.538. The van der Waals surface area contributed by atoms with Gasteiger partial charge < -0.3 is 4.74 Å². The zero-order chi connectivity index (χ0) is 13.5. The van der Waals surface area contributed by atoms with Gasteiger partial charge in [0.15, 0.2) is 0 Å². The molecule has 0 saturated carbocycles. The Hall–Kier alpha value is -0.950. The van der Waals surface area contributed by atoms with Crippen molar-refractivity contribution in [2.75, 3.05) is 19.7 Å². The molecule has 6 heteroatoms. The van der Waals surface area contributed by atoms with Crippen LogP contribution in [0.25, 0.3) is 0 Å². The molecule has 0 amide bonds. The molecule has 5 nitrogen and oxygen atoms in total. The molecule has 1 aromatic rings. The molecule has 1 heterocycles. The van der Waals surface area contributed by atoms with E-state index in [4.69, 9.17) is 9.29 Å². The molecule has 1 saturated heterocycles. The molecule has 1 N–H and O–H groups in total. The molecular weight excluding hydrogens is 266 g/mol. The number of benzene rings is 1. The maximum Gasteiger partial charge on any atom is 0.336 e. The molecule has 1 fully saturated rings. The number of hydrogen-bond acceptors (Lipinski definition) is 3. The lowest BCUT2D eigenvalue weighted by Crippen LogP contribution is -2.47. The molecule has 19 heavy (non-hydrogen) atoms. The summed E-state index contributed by atoms with van der Waals surface area (Å²) < 4.78 is 38.4. The minimum absolute atomic E-state index is 0.167. The highest BCUT2D eigenvalue weighted by Gasteiger charge is 2.36. The molecule has 104 valence electrons. The molecular formula is C13H17NO4S. The Morgan fingerprint density at radius 2 is 2.11 bits per heavy atom. The Bertz CT molecular complexity index is 572. The van der Waals surface area contributed by atoms with Gasteiger partial charge in [0.25, 0.3) is 0 Å². The quantitative estimate of drug-likeness (QED) is 0.829. The summed E-state index contributed by atoms with van der Waals surface area (Å²) in [6, 6.07) is 8.22. The first-order chi connectivity index (χ1) is 9.05. The Balaban J connectivity index is 1.81. The zero-order valence-electron chi connectivity index (χ0n) is 10.5. The van der Waals surface area contributed by atoms with Gasteiger partial charge in [-0.15, -0.1) is 0 Å². The molecule has 0 radical (unpaired) electrons. The van der Waals surface area contributed by atoms with Gasteiger partial charge in [0, 0.05) is 19.0 Å². The standard InChI is InChI=1S/C13H17NO4S/c15-19(16,17)14-7-8-18-13(9-14)12-6-5-10-3-1-2-4-11(10)12/h1-4,12-13H,5-9H2,(H,15,16,17). The van der Waals surface area contributed by atoms with E-state index < -0.39 is 10.3 Å². The highest BCUT2D eigenvalue weighted by molar-refractivity contribution is 7.83. The number of hydrogen-bond donors (Lipinski definition) is 1. The Labute approximate surface area is 113 Å². The second-order valence-corrected chi connectivity index (χ2v) is 6.50. The third-order valence-corrected chi connectivity index (χ3v) is 4.99. The van der Waals surface area contributed by atoms with Crippen molar-refractivity contribution in [1.82, 2.24) is 4.31 Å². The SMILES string of the molecule is O=S(=O)(O)N1CCOC(C2CCc3ccccc32)C1. The summed E-state index contributed by atoms with van der Waals surface area (Å²) >= 11 is 0. The van der Waals surface area contributed by atoms with E-state index in [0.29, 0.717) is 6.61 Å². The predicted molar refractivity (Wildman–Crippen MR) is 70.4 cm³/mol. The van der Waals surface area contributed by atoms with Gasteiger partial charge in [-0.2, -0.15) is 12.7 Å². The molecule has 0 bridgehead atoms. The van der Waals surface area contributed by atoms with Crippen molar-refractivity contribution in [3.05, 3.63) is 35.4 Å². The predicted octanol–water partition coefficient (Wildman–Crippen LogP) is 1.22. The van der Waals surface area contributed by atoms with Crippen LogP contribution in [0.1, 0.15) is 23.5 Å². The lowest BCUT2D eigenvalue weighted by Gasteiger charge is -2.34. The van der Waals surface area contributed by atoms with Gasteiger partial charge in [0.05, 0.1) is 12.7 Å². The third kappa shape index (κ3) is 2.53. The Morgan fingerprint density at radius 1 is 1.32 bits per heavy atom.